The Labute approximate surface area is 227 Å². The van der Waals surface area contributed by atoms with Crippen molar-refractivity contribution < 1.29 is 29.0 Å². The highest BCUT2D eigenvalue weighted by molar-refractivity contribution is 7.99. The van der Waals surface area contributed by atoms with E-state index in [1.54, 1.807) is 0 Å². The fraction of sp³-hybridized carbons (Fsp3) is 0.964. The molecule has 36 heavy (non-hydrogen) atoms. The molecule has 6 nitrogen and oxygen atoms in total. The molecule has 0 saturated carbocycles. The predicted molar refractivity (Wildman–Crippen MR) is 154 cm³/mol. The monoisotopic (exact) mass is 551 g/mol. The first-order chi connectivity index (χ1) is 17.4. The van der Waals surface area contributed by atoms with Crippen molar-refractivity contribution in [3.8, 4) is 0 Å². The quantitative estimate of drug-likeness (QED) is 0.0752. The average molecular weight is 552 g/mol. The van der Waals surface area contributed by atoms with Gasteiger partial charge in [0.1, 0.15) is 6.61 Å². The summed E-state index contributed by atoms with van der Waals surface area (Å²) >= 11 is 2.06. The zero-order valence-corrected chi connectivity index (χ0v) is 25.3. The molecular formula is C28H56O6PS+. The summed E-state index contributed by atoms with van der Waals surface area (Å²) in [5, 5.41) is 16.8. The van der Waals surface area contributed by atoms with Crippen molar-refractivity contribution in [1.29, 1.82) is 0 Å². The lowest BCUT2D eigenvalue weighted by molar-refractivity contribution is -0.154. The van der Waals surface area contributed by atoms with Crippen molar-refractivity contribution in [2.45, 2.75) is 147 Å². The first-order valence-corrected chi connectivity index (χ1v) is 16.5. The van der Waals surface area contributed by atoms with Crippen molar-refractivity contribution >= 4 is 26.2 Å². The zero-order valence-electron chi connectivity index (χ0n) is 23.4. The van der Waals surface area contributed by atoms with Crippen LogP contribution in [0.2, 0.25) is 0 Å². The molecule has 8 heteroatoms. The molecule has 0 aliphatic heterocycles. The topological polar surface area (TPSA) is 93.1 Å². The van der Waals surface area contributed by atoms with Crippen LogP contribution in [0, 0.1) is 0 Å². The molecule has 0 aliphatic rings. The van der Waals surface area contributed by atoms with Gasteiger partial charge in [0.25, 0.3) is 0 Å². The molecule has 2 N–H and O–H groups in total. The maximum absolute atomic E-state index is 11.0. The van der Waals surface area contributed by atoms with Gasteiger partial charge >= 0.3 is 19.8 Å². The van der Waals surface area contributed by atoms with E-state index in [0.29, 0.717) is 18.3 Å². The van der Waals surface area contributed by atoms with Crippen LogP contribution in [0.5, 0.6) is 0 Å². The molecule has 0 aliphatic carbocycles. The molecule has 0 aromatic carbocycles. The van der Waals surface area contributed by atoms with Gasteiger partial charge in [-0.1, -0.05) is 108 Å². The smallest absolute Gasteiger partial charge is 0.390 e. The number of aliphatic hydroxyl groups is 1. The van der Waals surface area contributed by atoms with Gasteiger partial charge in [0.2, 0.25) is 0 Å². The summed E-state index contributed by atoms with van der Waals surface area (Å²) in [6, 6.07) is 0. The largest absolute Gasteiger partial charge is 0.476 e. The summed E-state index contributed by atoms with van der Waals surface area (Å²) in [5.74, 6) is -0.334. The molecule has 0 saturated heterocycles. The van der Waals surface area contributed by atoms with E-state index < -0.39 is 26.4 Å². The van der Waals surface area contributed by atoms with E-state index in [0.717, 1.165) is 0 Å². The Kier molecular flexibility index (Phi) is 25.0. The lowest BCUT2D eigenvalue weighted by atomic mass is 10.1. The van der Waals surface area contributed by atoms with Gasteiger partial charge in [-0.05, 0) is 31.9 Å². The van der Waals surface area contributed by atoms with Gasteiger partial charge in [0, 0.05) is 18.5 Å². The van der Waals surface area contributed by atoms with Gasteiger partial charge in [0.05, 0.1) is 6.10 Å². The Bertz CT molecular complexity index is 524. The molecule has 0 bridgehead atoms. The van der Waals surface area contributed by atoms with Crippen LogP contribution in [0.3, 0.4) is 0 Å². The molecule has 0 spiro atoms. The van der Waals surface area contributed by atoms with E-state index >= 15 is 0 Å². The number of unbranched alkanes of at least 4 members (excludes halogenated alkanes) is 13. The van der Waals surface area contributed by atoms with Crippen molar-refractivity contribution in [3.63, 3.8) is 0 Å². The number of rotatable bonds is 28. The van der Waals surface area contributed by atoms with Crippen molar-refractivity contribution in [2.75, 3.05) is 25.6 Å². The molecular weight excluding hydrogens is 495 g/mol. The molecule has 0 amide bonds. The molecule has 4 atom stereocenters. The van der Waals surface area contributed by atoms with E-state index in [1.165, 1.54) is 108 Å². The molecule has 0 aromatic rings. The fourth-order valence-corrected chi connectivity index (χ4v) is 5.72. The molecule has 214 valence electrons. The van der Waals surface area contributed by atoms with Crippen LogP contribution in [-0.4, -0.2) is 58.5 Å². The molecule has 0 rings (SSSR count). The summed E-state index contributed by atoms with van der Waals surface area (Å²) in [6.07, 6.45) is 21.9. The second kappa shape index (κ2) is 25.1. The number of carboxylic acids is 1. The maximum atomic E-state index is 11.0. The van der Waals surface area contributed by atoms with E-state index in [-0.39, 0.29) is 12.7 Å². The minimum absolute atomic E-state index is 0.156. The number of carbonyl (C=O) groups is 1. The third-order valence-electron chi connectivity index (χ3n) is 6.59. The molecule has 0 radical (unpaired) electrons. The third-order valence-corrected chi connectivity index (χ3v) is 8.86. The third kappa shape index (κ3) is 19.9. The standard InChI is InChI=1S/C28H55O6PS/c1-4-6-8-10-12-13-14-16-18-23-36-26(20-17-15-11-9-7-5-2)25(3)34-22-19-21-33-24-28(31,35-32)27(29)30/h25-26,31H,4-24H2,1-3H3,(H,29,30)/p+1. The summed E-state index contributed by atoms with van der Waals surface area (Å²) < 4.78 is 22.3. The van der Waals surface area contributed by atoms with Gasteiger partial charge in [-0.15, -0.1) is 0 Å². The van der Waals surface area contributed by atoms with Gasteiger partial charge in [-0.2, -0.15) is 11.8 Å². The first kappa shape index (κ1) is 35.8. The Balaban J connectivity index is 4.20. The fourth-order valence-electron chi connectivity index (χ4n) is 4.12. The molecule has 0 aromatic heterocycles. The van der Waals surface area contributed by atoms with Crippen LogP contribution in [0.4, 0.5) is 0 Å². The minimum Gasteiger partial charge on any atom is -0.476 e. The van der Waals surface area contributed by atoms with E-state index in [9.17, 15) is 14.5 Å². The SMILES string of the molecule is CCCCCCCCCCCSC(CCCCCCCC)C(C)OCCCOCC(O)([PH+]=O)C(=O)O. The van der Waals surface area contributed by atoms with Gasteiger partial charge in [-0.25, -0.2) is 4.79 Å². The summed E-state index contributed by atoms with van der Waals surface area (Å²) in [5.41, 5.74) is 0. The number of thioether (sulfide) groups is 1. The van der Waals surface area contributed by atoms with Crippen molar-refractivity contribution in [1.82, 2.24) is 0 Å². The Hall–Kier alpha value is -0.200. The molecule has 0 fully saturated rings. The molecule has 0 heterocycles. The van der Waals surface area contributed by atoms with Crippen LogP contribution in [0.25, 0.3) is 0 Å². The van der Waals surface area contributed by atoms with Crippen molar-refractivity contribution in [2.24, 2.45) is 0 Å². The predicted octanol–water partition coefficient (Wildman–Crippen LogP) is 7.98. The number of hydrogen-bond donors (Lipinski definition) is 2. The number of carboxylic acid groups (broad SMARTS) is 1. The Morgan fingerprint density at radius 1 is 0.833 bits per heavy atom. The number of hydrogen-bond acceptors (Lipinski definition) is 6. The summed E-state index contributed by atoms with van der Waals surface area (Å²) in [4.78, 5) is 11.0. The average Bonchev–Trinajstić information content (AvgIpc) is 2.87. The normalized spacial score (nSPS) is 15.1. The second-order valence-corrected chi connectivity index (χ2v) is 12.4. The van der Waals surface area contributed by atoms with Crippen LogP contribution in [0.15, 0.2) is 0 Å². The Morgan fingerprint density at radius 2 is 1.36 bits per heavy atom. The molecule has 4 unspecified atom stereocenters. The highest BCUT2D eigenvalue weighted by Gasteiger charge is 2.46. The van der Waals surface area contributed by atoms with Crippen molar-refractivity contribution in [3.05, 3.63) is 0 Å². The lowest BCUT2D eigenvalue weighted by Crippen LogP contribution is -2.37. The minimum atomic E-state index is -2.32. The van der Waals surface area contributed by atoms with E-state index in [1.807, 2.05) is 0 Å². The maximum Gasteiger partial charge on any atom is 0.390 e. The first-order valence-electron chi connectivity index (χ1n) is 14.6. The number of aliphatic carboxylic acids is 1. The van der Waals surface area contributed by atoms with E-state index in [2.05, 4.69) is 32.5 Å². The Morgan fingerprint density at radius 3 is 1.89 bits per heavy atom. The van der Waals surface area contributed by atoms with Gasteiger partial charge in [0.15, 0.2) is 0 Å². The summed E-state index contributed by atoms with van der Waals surface area (Å²) in [7, 11) is -1.37. The highest BCUT2D eigenvalue weighted by Crippen LogP contribution is 2.26. The van der Waals surface area contributed by atoms with E-state index in [4.69, 9.17) is 14.6 Å². The second-order valence-electron chi connectivity index (χ2n) is 10.0. The van der Waals surface area contributed by atoms with Gasteiger partial charge in [-0.3, -0.25) is 0 Å². The van der Waals surface area contributed by atoms with Gasteiger partial charge < -0.3 is 19.7 Å². The van der Waals surface area contributed by atoms with Crippen LogP contribution >= 0.6 is 20.2 Å². The summed E-state index contributed by atoms with van der Waals surface area (Å²) in [6.45, 7) is 6.99. The lowest BCUT2D eigenvalue weighted by Gasteiger charge is -2.24. The van der Waals surface area contributed by atoms with Crippen LogP contribution in [0.1, 0.15) is 130 Å². The van der Waals surface area contributed by atoms with Crippen LogP contribution in [-0.2, 0) is 18.8 Å². The number of ether oxygens (including phenoxy) is 2. The van der Waals surface area contributed by atoms with Crippen LogP contribution < -0.4 is 0 Å². The highest BCUT2D eigenvalue weighted by atomic mass is 32.2. The zero-order chi connectivity index (χ0) is 26.9.